The number of amides is 1. The zero-order valence-corrected chi connectivity index (χ0v) is 10.8. The molecule has 3 N–H and O–H groups in total. The molecule has 0 aliphatic heterocycles. The summed E-state index contributed by atoms with van der Waals surface area (Å²) >= 11 is 0. The van der Waals surface area contributed by atoms with Gasteiger partial charge in [0.25, 0.3) is 0 Å². The SMILES string of the molecule is Cc1nc2cc(OCCC(=O)NCCN)ccc2o1. The van der Waals surface area contributed by atoms with Crippen LogP contribution in [0.1, 0.15) is 12.3 Å². The van der Waals surface area contributed by atoms with E-state index in [1.807, 2.05) is 0 Å². The van der Waals surface area contributed by atoms with Crippen LogP contribution in [0.15, 0.2) is 22.6 Å². The fraction of sp³-hybridized carbons (Fsp3) is 0.385. The van der Waals surface area contributed by atoms with E-state index in [0.717, 1.165) is 11.1 Å². The number of aromatic nitrogens is 1. The summed E-state index contributed by atoms with van der Waals surface area (Å²) in [4.78, 5) is 15.6. The summed E-state index contributed by atoms with van der Waals surface area (Å²) in [6, 6.07) is 5.40. The number of hydrogen-bond donors (Lipinski definition) is 2. The molecule has 0 aliphatic carbocycles. The molecule has 0 aliphatic rings. The number of ether oxygens (including phenoxy) is 1. The minimum absolute atomic E-state index is 0.0659. The van der Waals surface area contributed by atoms with E-state index >= 15 is 0 Å². The lowest BCUT2D eigenvalue weighted by Crippen LogP contribution is -2.29. The number of benzene rings is 1. The first-order chi connectivity index (χ1) is 9.19. The van der Waals surface area contributed by atoms with Crippen molar-refractivity contribution >= 4 is 17.0 Å². The van der Waals surface area contributed by atoms with Gasteiger partial charge in [-0.15, -0.1) is 0 Å². The molecule has 0 fully saturated rings. The van der Waals surface area contributed by atoms with Gasteiger partial charge in [-0.25, -0.2) is 4.98 Å². The monoisotopic (exact) mass is 263 g/mol. The summed E-state index contributed by atoms with van der Waals surface area (Å²) in [6.07, 6.45) is 0.301. The summed E-state index contributed by atoms with van der Waals surface area (Å²) in [6.45, 7) is 3.04. The Labute approximate surface area is 110 Å². The van der Waals surface area contributed by atoms with E-state index in [0.29, 0.717) is 37.8 Å². The number of nitrogens with two attached hydrogens (primary N) is 1. The quantitative estimate of drug-likeness (QED) is 0.810. The van der Waals surface area contributed by atoms with Crippen molar-refractivity contribution < 1.29 is 13.9 Å². The number of aryl methyl sites for hydroxylation is 1. The Hall–Kier alpha value is -2.08. The van der Waals surface area contributed by atoms with Crippen molar-refractivity contribution in [2.24, 2.45) is 5.73 Å². The van der Waals surface area contributed by atoms with Crippen LogP contribution in [0.2, 0.25) is 0 Å². The highest BCUT2D eigenvalue weighted by Crippen LogP contribution is 2.21. The van der Waals surface area contributed by atoms with Gasteiger partial charge in [-0.1, -0.05) is 0 Å². The van der Waals surface area contributed by atoms with E-state index in [-0.39, 0.29) is 5.91 Å². The van der Waals surface area contributed by atoms with Crippen LogP contribution in [0.4, 0.5) is 0 Å². The second kappa shape index (κ2) is 6.19. The second-order valence-electron chi connectivity index (χ2n) is 4.10. The van der Waals surface area contributed by atoms with Crippen molar-refractivity contribution in [3.63, 3.8) is 0 Å². The van der Waals surface area contributed by atoms with Gasteiger partial charge in [0.1, 0.15) is 11.3 Å². The molecule has 1 aromatic carbocycles. The average molecular weight is 263 g/mol. The van der Waals surface area contributed by atoms with Gasteiger partial charge in [0.2, 0.25) is 5.91 Å². The molecule has 0 unspecified atom stereocenters. The molecule has 0 atom stereocenters. The van der Waals surface area contributed by atoms with Crippen molar-refractivity contribution in [2.45, 2.75) is 13.3 Å². The Morgan fingerprint density at radius 1 is 1.53 bits per heavy atom. The van der Waals surface area contributed by atoms with Crippen LogP contribution >= 0.6 is 0 Å². The number of carbonyl (C=O) groups is 1. The van der Waals surface area contributed by atoms with Gasteiger partial charge in [0.15, 0.2) is 11.5 Å². The maximum Gasteiger partial charge on any atom is 0.223 e. The van der Waals surface area contributed by atoms with Crippen molar-refractivity contribution in [1.29, 1.82) is 0 Å². The predicted molar refractivity (Wildman–Crippen MR) is 70.9 cm³/mol. The molecule has 1 aromatic heterocycles. The number of rotatable bonds is 6. The molecule has 6 nitrogen and oxygen atoms in total. The highest BCUT2D eigenvalue weighted by Gasteiger charge is 2.05. The van der Waals surface area contributed by atoms with Crippen LogP contribution in [0, 0.1) is 6.92 Å². The van der Waals surface area contributed by atoms with Gasteiger partial charge in [0, 0.05) is 26.1 Å². The molecule has 2 rings (SSSR count). The lowest BCUT2D eigenvalue weighted by atomic mass is 10.3. The molecule has 6 heteroatoms. The Morgan fingerprint density at radius 2 is 2.37 bits per heavy atom. The van der Waals surface area contributed by atoms with Gasteiger partial charge < -0.3 is 20.2 Å². The van der Waals surface area contributed by atoms with E-state index in [4.69, 9.17) is 14.9 Å². The third-order valence-electron chi connectivity index (χ3n) is 2.53. The topological polar surface area (TPSA) is 90.4 Å². The summed E-state index contributed by atoms with van der Waals surface area (Å²) in [5.74, 6) is 1.23. The first-order valence-electron chi connectivity index (χ1n) is 6.16. The number of oxazole rings is 1. The van der Waals surface area contributed by atoms with E-state index in [1.165, 1.54) is 0 Å². The largest absolute Gasteiger partial charge is 0.493 e. The van der Waals surface area contributed by atoms with Crippen LogP contribution < -0.4 is 15.8 Å². The van der Waals surface area contributed by atoms with Crippen molar-refractivity contribution in [1.82, 2.24) is 10.3 Å². The standard InChI is InChI=1S/C13H17N3O3/c1-9-16-11-8-10(2-3-12(11)19-9)18-7-4-13(17)15-6-5-14/h2-3,8H,4-7,14H2,1H3,(H,15,17). The molecule has 0 spiro atoms. The zero-order chi connectivity index (χ0) is 13.7. The number of nitrogens with one attached hydrogen (secondary N) is 1. The van der Waals surface area contributed by atoms with E-state index < -0.39 is 0 Å². The van der Waals surface area contributed by atoms with Gasteiger partial charge in [-0.2, -0.15) is 0 Å². The minimum atomic E-state index is -0.0659. The third kappa shape index (κ3) is 3.69. The Morgan fingerprint density at radius 3 is 3.16 bits per heavy atom. The first kappa shape index (κ1) is 13.4. The van der Waals surface area contributed by atoms with Gasteiger partial charge in [-0.05, 0) is 12.1 Å². The van der Waals surface area contributed by atoms with Gasteiger partial charge in [-0.3, -0.25) is 4.79 Å². The molecule has 0 radical (unpaired) electrons. The van der Waals surface area contributed by atoms with Crippen LogP contribution in [0.5, 0.6) is 5.75 Å². The van der Waals surface area contributed by atoms with Crippen LogP contribution in [0.3, 0.4) is 0 Å². The molecule has 0 saturated carbocycles. The van der Waals surface area contributed by atoms with E-state index in [2.05, 4.69) is 10.3 Å². The minimum Gasteiger partial charge on any atom is -0.493 e. The van der Waals surface area contributed by atoms with Crippen molar-refractivity contribution in [2.75, 3.05) is 19.7 Å². The Bertz CT molecular complexity index is 565. The third-order valence-corrected chi connectivity index (χ3v) is 2.53. The highest BCUT2D eigenvalue weighted by atomic mass is 16.5. The molecule has 2 aromatic rings. The van der Waals surface area contributed by atoms with Crippen LogP contribution in [0.25, 0.3) is 11.1 Å². The number of nitrogens with zero attached hydrogens (tertiary/aromatic N) is 1. The molecule has 1 amide bonds. The number of fused-ring (bicyclic) bond motifs is 1. The fourth-order valence-corrected chi connectivity index (χ4v) is 1.67. The highest BCUT2D eigenvalue weighted by molar-refractivity contribution is 5.76. The van der Waals surface area contributed by atoms with Gasteiger partial charge in [0.05, 0.1) is 13.0 Å². The summed E-state index contributed by atoms with van der Waals surface area (Å²) < 4.78 is 10.9. The second-order valence-corrected chi connectivity index (χ2v) is 4.10. The summed E-state index contributed by atoms with van der Waals surface area (Å²) in [5, 5.41) is 2.68. The summed E-state index contributed by atoms with van der Waals surface area (Å²) in [7, 11) is 0. The summed E-state index contributed by atoms with van der Waals surface area (Å²) in [5.41, 5.74) is 6.77. The Kier molecular flexibility index (Phi) is 4.35. The molecule has 1 heterocycles. The fourth-order valence-electron chi connectivity index (χ4n) is 1.67. The molecule has 0 bridgehead atoms. The lowest BCUT2D eigenvalue weighted by molar-refractivity contribution is -0.121. The maximum absolute atomic E-state index is 11.3. The molecule has 19 heavy (non-hydrogen) atoms. The average Bonchev–Trinajstić information content (AvgIpc) is 2.75. The number of hydrogen-bond acceptors (Lipinski definition) is 5. The molecular formula is C13H17N3O3. The number of carbonyl (C=O) groups excluding carboxylic acids is 1. The normalized spacial score (nSPS) is 10.6. The van der Waals surface area contributed by atoms with Crippen LogP contribution in [-0.4, -0.2) is 30.6 Å². The molecule has 102 valence electrons. The molecular weight excluding hydrogens is 246 g/mol. The smallest absolute Gasteiger partial charge is 0.223 e. The van der Waals surface area contributed by atoms with Gasteiger partial charge >= 0.3 is 0 Å². The molecule has 0 saturated heterocycles. The predicted octanol–water partition coefficient (Wildman–Crippen LogP) is 0.980. The van der Waals surface area contributed by atoms with Crippen molar-refractivity contribution in [3.05, 3.63) is 24.1 Å². The van der Waals surface area contributed by atoms with Crippen molar-refractivity contribution in [3.8, 4) is 5.75 Å². The van der Waals surface area contributed by atoms with E-state index in [1.54, 1.807) is 25.1 Å². The first-order valence-corrected chi connectivity index (χ1v) is 6.16. The lowest BCUT2D eigenvalue weighted by Gasteiger charge is -2.06. The maximum atomic E-state index is 11.3. The van der Waals surface area contributed by atoms with E-state index in [9.17, 15) is 4.79 Å². The Balaban J connectivity index is 1.86. The van der Waals surface area contributed by atoms with Crippen LogP contribution in [-0.2, 0) is 4.79 Å². The zero-order valence-electron chi connectivity index (χ0n) is 10.8.